The van der Waals surface area contributed by atoms with E-state index in [0.29, 0.717) is 0 Å². The molecule has 0 aliphatic heterocycles. The Labute approximate surface area is 270 Å². The van der Waals surface area contributed by atoms with Gasteiger partial charge in [-0.25, -0.2) is 0 Å². The fraction of sp³-hybridized carbons (Fsp3) is 0.174. The van der Waals surface area contributed by atoms with Gasteiger partial charge in [0.15, 0.2) is 0 Å². The molecule has 0 atom stereocenters. The topological polar surface area (TPSA) is 0 Å². The third kappa shape index (κ3) is 3.86. The van der Waals surface area contributed by atoms with Crippen molar-refractivity contribution in [3.05, 3.63) is 144 Å². The maximum Gasteiger partial charge on any atom is -0.00137 e. The van der Waals surface area contributed by atoms with E-state index in [9.17, 15) is 0 Å². The molecule has 0 nitrogen and oxygen atoms in total. The van der Waals surface area contributed by atoms with Crippen LogP contribution in [0.4, 0.5) is 0 Å². The predicted molar refractivity (Wildman–Crippen MR) is 198 cm³/mol. The summed E-state index contributed by atoms with van der Waals surface area (Å²) in [6, 6.07) is 46.8. The van der Waals surface area contributed by atoms with E-state index in [0.717, 1.165) is 0 Å². The SMILES string of the molecule is c1cc2c(c(-c3ccc4c5ccccc5c5c6cc(-c7cccc8c7CCCC8)ccc6c6ccccc6c5c4c3)c1)CCCC2. The number of fused-ring (bicyclic) bond motifs is 13. The Kier molecular flexibility index (Phi) is 5.88. The molecule has 0 N–H and O–H groups in total. The maximum atomic E-state index is 2.52. The minimum Gasteiger partial charge on any atom is -0.0616 e. The molecule has 0 heteroatoms. The smallest absolute Gasteiger partial charge is 0.00137 e. The first-order chi connectivity index (χ1) is 22.8. The summed E-state index contributed by atoms with van der Waals surface area (Å²) in [5, 5.41) is 13.5. The zero-order valence-electron chi connectivity index (χ0n) is 26.2. The first kappa shape index (κ1) is 26.3. The molecular formula is C46H36. The van der Waals surface area contributed by atoms with Gasteiger partial charge in [0.2, 0.25) is 0 Å². The lowest BCUT2D eigenvalue weighted by atomic mass is 9.82. The molecule has 8 aromatic carbocycles. The largest absolute Gasteiger partial charge is 0.0616 e. The van der Waals surface area contributed by atoms with Crippen LogP contribution in [0.5, 0.6) is 0 Å². The van der Waals surface area contributed by atoms with Gasteiger partial charge in [0.25, 0.3) is 0 Å². The van der Waals surface area contributed by atoms with Gasteiger partial charge in [0.1, 0.15) is 0 Å². The van der Waals surface area contributed by atoms with Crippen LogP contribution in [0.1, 0.15) is 47.9 Å². The second kappa shape index (κ2) is 10.3. The zero-order valence-corrected chi connectivity index (χ0v) is 26.2. The van der Waals surface area contributed by atoms with Crippen LogP contribution in [0.25, 0.3) is 76.1 Å². The Morgan fingerprint density at radius 3 is 1.20 bits per heavy atom. The van der Waals surface area contributed by atoms with Gasteiger partial charge in [-0.05, 0) is 162 Å². The predicted octanol–water partition coefficient (Wildman–Crippen LogP) is 12.5. The number of hydrogen-bond donors (Lipinski definition) is 0. The van der Waals surface area contributed by atoms with Crippen molar-refractivity contribution in [3.8, 4) is 22.3 Å². The summed E-state index contributed by atoms with van der Waals surface area (Å²) in [6.45, 7) is 0. The Balaban J connectivity index is 1.36. The lowest BCUT2D eigenvalue weighted by Gasteiger charge is -2.21. The molecular weight excluding hydrogens is 553 g/mol. The van der Waals surface area contributed by atoms with Gasteiger partial charge in [-0.2, -0.15) is 0 Å². The molecule has 0 heterocycles. The highest BCUT2D eigenvalue weighted by molar-refractivity contribution is 6.39. The molecule has 0 unspecified atom stereocenters. The van der Waals surface area contributed by atoms with Crippen molar-refractivity contribution in [3.63, 3.8) is 0 Å². The van der Waals surface area contributed by atoms with E-state index in [4.69, 9.17) is 0 Å². The second-order valence-corrected chi connectivity index (χ2v) is 13.7. The minimum atomic E-state index is 1.18. The summed E-state index contributed by atoms with van der Waals surface area (Å²) in [6.07, 6.45) is 9.95. The molecule has 8 aromatic rings. The van der Waals surface area contributed by atoms with Crippen LogP contribution in [0.15, 0.2) is 121 Å². The van der Waals surface area contributed by atoms with Gasteiger partial charge in [-0.1, -0.05) is 109 Å². The molecule has 0 saturated carbocycles. The van der Waals surface area contributed by atoms with Crippen LogP contribution in [-0.2, 0) is 25.7 Å². The van der Waals surface area contributed by atoms with Crippen LogP contribution in [0, 0.1) is 0 Å². The molecule has 2 aliphatic carbocycles. The van der Waals surface area contributed by atoms with Gasteiger partial charge in [0.05, 0.1) is 0 Å². The molecule has 2 aliphatic rings. The molecule has 10 rings (SSSR count). The van der Waals surface area contributed by atoms with Crippen molar-refractivity contribution in [2.24, 2.45) is 0 Å². The van der Waals surface area contributed by atoms with Crippen LogP contribution in [0.3, 0.4) is 0 Å². The van der Waals surface area contributed by atoms with Crippen LogP contribution >= 0.6 is 0 Å². The van der Waals surface area contributed by atoms with E-state index in [1.165, 1.54) is 127 Å². The van der Waals surface area contributed by atoms with E-state index in [1.807, 2.05) is 0 Å². The van der Waals surface area contributed by atoms with Crippen LogP contribution in [-0.4, -0.2) is 0 Å². The lowest BCUT2D eigenvalue weighted by Crippen LogP contribution is -2.04. The number of rotatable bonds is 2. The summed E-state index contributed by atoms with van der Waals surface area (Å²) < 4.78 is 0. The van der Waals surface area contributed by atoms with Crippen molar-refractivity contribution in [1.82, 2.24) is 0 Å². The lowest BCUT2D eigenvalue weighted by molar-refractivity contribution is 0.687. The highest BCUT2D eigenvalue weighted by Crippen LogP contribution is 2.46. The second-order valence-electron chi connectivity index (χ2n) is 13.7. The standard InChI is InChI=1S/C46H36/c1-3-15-33-29(11-1)13-9-21-35(33)31-23-25-39-37-17-5-8-20-42(37)46-44-28-32(36-22-10-14-30-12-2-4-16-34(30)36)24-26-40(44)38-18-6-7-19-41(38)45(46)43(39)27-31/h5-10,13-14,17-28H,1-4,11-12,15-16H2. The summed E-state index contributed by atoms with van der Waals surface area (Å²) in [5.41, 5.74) is 11.7. The summed E-state index contributed by atoms with van der Waals surface area (Å²) in [4.78, 5) is 0. The van der Waals surface area contributed by atoms with Crippen molar-refractivity contribution in [1.29, 1.82) is 0 Å². The minimum absolute atomic E-state index is 1.18. The fourth-order valence-corrected chi connectivity index (χ4v) is 9.11. The molecule has 46 heavy (non-hydrogen) atoms. The molecule has 0 aromatic heterocycles. The number of benzene rings is 8. The molecule has 0 saturated heterocycles. The van der Waals surface area contributed by atoms with Crippen molar-refractivity contribution in [2.45, 2.75) is 51.4 Å². The molecule has 0 spiro atoms. The number of aryl methyl sites for hydroxylation is 2. The Morgan fingerprint density at radius 2 is 0.717 bits per heavy atom. The Morgan fingerprint density at radius 1 is 0.304 bits per heavy atom. The first-order valence-electron chi connectivity index (χ1n) is 17.3. The van der Waals surface area contributed by atoms with Crippen molar-refractivity contribution >= 4 is 53.9 Å². The monoisotopic (exact) mass is 588 g/mol. The van der Waals surface area contributed by atoms with Gasteiger partial charge in [0, 0.05) is 0 Å². The average Bonchev–Trinajstić information content (AvgIpc) is 3.13. The Hall–Kier alpha value is -4.94. The van der Waals surface area contributed by atoms with E-state index in [2.05, 4.69) is 121 Å². The van der Waals surface area contributed by atoms with Gasteiger partial charge in [-0.3, -0.25) is 0 Å². The molecule has 0 radical (unpaired) electrons. The molecule has 0 bridgehead atoms. The molecule has 220 valence electrons. The highest BCUT2D eigenvalue weighted by Gasteiger charge is 2.20. The maximum absolute atomic E-state index is 2.52. The highest BCUT2D eigenvalue weighted by atomic mass is 14.2. The van der Waals surface area contributed by atoms with Crippen molar-refractivity contribution in [2.75, 3.05) is 0 Å². The quantitative estimate of drug-likeness (QED) is 0.176. The normalized spacial score (nSPS) is 14.7. The summed E-state index contributed by atoms with van der Waals surface area (Å²) >= 11 is 0. The van der Waals surface area contributed by atoms with Crippen molar-refractivity contribution < 1.29 is 0 Å². The average molecular weight is 589 g/mol. The van der Waals surface area contributed by atoms with Gasteiger partial charge in [-0.15, -0.1) is 0 Å². The Bertz CT molecular complexity index is 2350. The van der Waals surface area contributed by atoms with E-state index in [-0.39, 0.29) is 0 Å². The van der Waals surface area contributed by atoms with Gasteiger partial charge >= 0.3 is 0 Å². The zero-order chi connectivity index (χ0) is 30.2. The van der Waals surface area contributed by atoms with Crippen LogP contribution in [0.2, 0.25) is 0 Å². The van der Waals surface area contributed by atoms with E-state index in [1.54, 1.807) is 22.3 Å². The first-order valence-corrected chi connectivity index (χ1v) is 17.3. The number of hydrogen-bond acceptors (Lipinski definition) is 0. The third-order valence-corrected chi connectivity index (χ3v) is 11.2. The van der Waals surface area contributed by atoms with Gasteiger partial charge < -0.3 is 0 Å². The van der Waals surface area contributed by atoms with E-state index >= 15 is 0 Å². The van der Waals surface area contributed by atoms with Crippen LogP contribution < -0.4 is 0 Å². The third-order valence-electron chi connectivity index (χ3n) is 11.2. The van der Waals surface area contributed by atoms with E-state index < -0.39 is 0 Å². The summed E-state index contributed by atoms with van der Waals surface area (Å²) in [7, 11) is 0. The molecule has 0 amide bonds. The fourth-order valence-electron chi connectivity index (χ4n) is 9.11. The molecule has 0 fully saturated rings. The summed E-state index contributed by atoms with van der Waals surface area (Å²) in [5.74, 6) is 0.